The van der Waals surface area contributed by atoms with Crippen LogP contribution in [0.15, 0.2) is 21.3 Å². The molecule has 0 saturated heterocycles. The van der Waals surface area contributed by atoms with Gasteiger partial charge in [-0.2, -0.15) is 0 Å². The average Bonchev–Trinajstić information content (AvgIpc) is 2.51. The zero-order chi connectivity index (χ0) is 17.1. The van der Waals surface area contributed by atoms with Crippen molar-refractivity contribution >= 4 is 16.9 Å². The van der Waals surface area contributed by atoms with Crippen LogP contribution in [0, 0.1) is 0 Å². The molecule has 6 nitrogen and oxygen atoms in total. The van der Waals surface area contributed by atoms with E-state index in [1.54, 1.807) is 6.92 Å². The van der Waals surface area contributed by atoms with E-state index >= 15 is 0 Å². The van der Waals surface area contributed by atoms with Crippen LogP contribution >= 0.6 is 0 Å². The minimum absolute atomic E-state index is 0. The summed E-state index contributed by atoms with van der Waals surface area (Å²) in [5.41, 5.74) is 1.22. The molecule has 1 unspecified atom stereocenters. The summed E-state index contributed by atoms with van der Waals surface area (Å²) in [6.45, 7) is 5.41. The summed E-state index contributed by atoms with van der Waals surface area (Å²) in [7, 11) is 0. The minimum atomic E-state index is -1.54. The Bertz CT molecular complexity index is 794. The predicted molar refractivity (Wildman–Crippen MR) is 82.7 cm³/mol. The van der Waals surface area contributed by atoms with Crippen molar-refractivity contribution in [3.05, 3.63) is 39.2 Å². The molecule has 0 saturated carbocycles. The number of aromatic carboxylic acids is 1. The van der Waals surface area contributed by atoms with Crippen LogP contribution in [0.2, 0.25) is 0 Å². The van der Waals surface area contributed by atoms with Gasteiger partial charge in [-0.3, -0.25) is 4.79 Å². The van der Waals surface area contributed by atoms with E-state index in [9.17, 15) is 19.8 Å². The molecule has 124 valence electrons. The molecule has 24 heavy (non-hydrogen) atoms. The fourth-order valence-corrected chi connectivity index (χ4v) is 2.43. The van der Waals surface area contributed by atoms with Crippen LogP contribution in [-0.4, -0.2) is 23.8 Å². The largest absolute Gasteiger partial charge is 1.00 e. The molecule has 7 heteroatoms. The molecule has 0 aliphatic carbocycles. The first-order valence-corrected chi connectivity index (χ1v) is 7.53. The van der Waals surface area contributed by atoms with Crippen molar-refractivity contribution in [1.29, 1.82) is 0 Å². The number of hydrogen-bond acceptors (Lipinski definition) is 6. The number of rotatable bonds is 6. The maximum atomic E-state index is 12.4. The van der Waals surface area contributed by atoms with Crippen molar-refractivity contribution in [2.24, 2.45) is 0 Å². The summed E-state index contributed by atoms with van der Waals surface area (Å²) in [5.74, 6) is -1.72. The molecule has 0 fully saturated rings. The number of carbonyl (C=O) groups is 1. The van der Waals surface area contributed by atoms with Crippen molar-refractivity contribution < 1.29 is 53.7 Å². The first kappa shape index (κ1) is 20.7. The van der Waals surface area contributed by atoms with E-state index in [4.69, 9.17) is 9.15 Å². The number of ether oxygens (including phenoxy) is 1. The van der Waals surface area contributed by atoms with E-state index in [0.29, 0.717) is 18.6 Å². The van der Waals surface area contributed by atoms with Gasteiger partial charge in [-0.25, -0.2) is 0 Å². The normalized spacial score (nSPS) is 11.8. The van der Waals surface area contributed by atoms with Crippen molar-refractivity contribution in [3.8, 4) is 5.75 Å². The van der Waals surface area contributed by atoms with Gasteiger partial charge < -0.3 is 24.2 Å². The molecular formula is C17H19NaO6. The van der Waals surface area contributed by atoms with Gasteiger partial charge in [0.05, 0.1) is 6.10 Å². The van der Waals surface area contributed by atoms with Crippen LogP contribution in [0.5, 0.6) is 5.75 Å². The Kier molecular flexibility index (Phi) is 7.48. The molecule has 2 aromatic rings. The summed E-state index contributed by atoms with van der Waals surface area (Å²) in [5, 5.41) is 20.6. The Labute approximate surface area is 161 Å². The molecule has 1 atom stereocenters. The number of fused-ring (bicyclic) bond motifs is 1. The molecule has 0 amide bonds. The number of carboxylic acids is 1. The van der Waals surface area contributed by atoms with Gasteiger partial charge >= 0.3 is 29.6 Å². The third kappa shape index (κ3) is 4.19. The predicted octanol–water partition coefficient (Wildman–Crippen LogP) is -1.96. The molecule has 1 heterocycles. The maximum absolute atomic E-state index is 12.4. The standard InChI is InChI=1S/C17H20O6.Na/c1-4-10-6-11(5-2)16-14(15(10)22-8-9(3)18)12(19)7-13(23-16)17(20)21;/h6-7,9,18H,4-5,8H2,1-3H3,(H,20,21);/q;+1/p-1. The van der Waals surface area contributed by atoms with Crippen LogP contribution in [0.3, 0.4) is 0 Å². The van der Waals surface area contributed by atoms with E-state index in [-0.39, 0.29) is 47.1 Å². The average molecular weight is 342 g/mol. The molecular weight excluding hydrogens is 323 g/mol. The fraction of sp³-hybridized carbons (Fsp3) is 0.412. The van der Waals surface area contributed by atoms with Gasteiger partial charge in [0, 0.05) is 6.07 Å². The Balaban J connectivity index is 0.00000288. The van der Waals surface area contributed by atoms with E-state index in [2.05, 4.69) is 0 Å². The van der Waals surface area contributed by atoms with Crippen LogP contribution in [0.1, 0.15) is 42.5 Å². The van der Waals surface area contributed by atoms with Gasteiger partial charge in [0.15, 0.2) is 11.2 Å². The first-order chi connectivity index (χ1) is 10.9. The Morgan fingerprint density at radius 2 is 1.92 bits per heavy atom. The van der Waals surface area contributed by atoms with Gasteiger partial charge in [0.25, 0.3) is 0 Å². The number of carbonyl (C=O) groups excluding carboxylic acids is 1. The van der Waals surface area contributed by atoms with Crippen molar-refractivity contribution in [2.75, 3.05) is 6.61 Å². The Hall–Kier alpha value is -1.34. The fourth-order valence-electron chi connectivity index (χ4n) is 2.43. The van der Waals surface area contributed by atoms with Crippen LogP contribution in [0.25, 0.3) is 11.0 Å². The molecule has 0 spiro atoms. The number of carboxylic acid groups (broad SMARTS) is 1. The third-order valence-corrected chi connectivity index (χ3v) is 3.54. The number of hydrogen-bond donors (Lipinski definition) is 1. The second-order valence-corrected chi connectivity index (χ2v) is 5.36. The molecule has 1 aromatic carbocycles. The Morgan fingerprint density at radius 1 is 1.29 bits per heavy atom. The van der Waals surface area contributed by atoms with E-state index < -0.39 is 23.3 Å². The number of aliphatic hydroxyl groups is 1. The second-order valence-electron chi connectivity index (χ2n) is 5.36. The third-order valence-electron chi connectivity index (χ3n) is 3.54. The van der Waals surface area contributed by atoms with Crippen LogP contribution in [0.4, 0.5) is 0 Å². The molecule has 1 aromatic heterocycles. The van der Waals surface area contributed by atoms with Crippen molar-refractivity contribution in [1.82, 2.24) is 0 Å². The summed E-state index contributed by atoms with van der Waals surface area (Å²) in [6, 6.07) is 2.73. The van der Waals surface area contributed by atoms with Crippen molar-refractivity contribution in [3.63, 3.8) is 0 Å². The SMILES string of the molecule is CCc1cc(CC)c2oc(C(=O)[O-])cc(=O)c2c1OCC(C)O.[Na+]. The summed E-state index contributed by atoms with van der Waals surface area (Å²) < 4.78 is 11.0. The van der Waals surface area contributed by atoms with Crippen LogP contribution in [-0.2, 0) is 12.8 Å². The van der Waals surface area contributed by atoms with Gasteiger partial charge in [0.1, 0.15) is 29.3 Å². The molecule has 0 aliphatic heterocycles. The topological polar surface area (TPSA) is 99.8 Å². The molecule has 0 aliphatic rings. The number of benzene rings is 1. The molecule has 0 bridgehead atoms. The quantitative estimate of drug-likeness (QED) is 0.612. The first-order valence-electron chi connectivity index (χ1n) is 7.53. The van der Waals surface area contributed by atoms with Gasteiger partial charge in [-0.05, 0) is 37.0 Å². The Morgan fingerprint density at radius 3 is 2.42 bits per heavy atom. The molecule has 0 radical (unpaired) electrons. The molecule has 2 rings (SSSR count). The van der Waals surface area contributed by atoms with Gasteiger partial charge in [0.2, 0.25) is 0 Å². The summed E-state index contributed by atoms with van der Waals surface area (Å²) in [6.07, 6.45) is 0.495. The van der Waals surface area contributed by atoms with E-state index in [1.165, 1.54) is 0 Å². The van der Waals surface area contributed by atoms with E-state index in [0.717, 1.165) is 17.2 Å². The second kappa shape index (κ2) is 8.67. The molecule has 1 N–H and O–H groups in total. The van der Waals surface area contributed by atoms with Gasteiger partial charge in [-0.1, -0.05) is 13.8 Å². The zero-order valence-electron chi connectivity index (χ0n) is 14.3. The van der Waals surface area contributed by atoms with E-state index in [1.807, 2.05) is 19.9 Å². The van der Waals surface area contributed by atoms with Crippen molar-refractivity contribution in [2.45, 2.75) is 39.7 Å². The van der Waals surface area contributed by atoms with Gasteiger partial charge in [-0.15, -0.1) is 0 Å². The maximum Gasteiger partial charge on any atom is 1.00 e. The summed E-state index contributed by atoms with van der Waals surface area (Å²) in [4.78, 5) is 23.4. The number of aliphatic hydroxyl groups excluding tert-OH is 1. The number of aryl methyl sites for hydroxylation is 2. The smallest absolute Gasteiger partial charge is 0.542 e. The van der Waals surface area contributed by atoms with Crippen LogP contribution < -0.4 is 44.8 Å². The monoisotopic (exact) mass is 342 g/mol. The summed E-state index contributed by atoms with van der Waals surface area (Å²) >= 11 is 0. The zero-order valence-corrected chi connectivity index (χ0v) is 16.3. The minimum Gasteiger partial charge on any atom is -0.542 e.